The Hall–Kier alpha value is -3.60. The number of ether oxygens (including phenoxy) is 1. The van der Waals surface area contributed by atoms with E-state index in [1.807, 2.05) is 36.4 Å². The molecule has 3 aromatic rings. The Balaban J connectivity index is 1.32. The zero-order chi connectivity index (χ0) is 22.5. The van der Waals surface area contributed by atoms with E-state index in [0.29, 0.717) is 24.3 Å². The van der Waals surface area contributed by atoms with Gasteiger partial charge < -0.3 is 15.8 Å². The lowest BCUT2D eigenvalue weighted by Crippen LogP contribution is -2.25. The number of carbonyl (C=O) groups is 1. The maximum atomic E-state index is 12.6. The van der Waals surface area contributed by atoms with E-state index in [-0.39, 0.29) is 17.7 Å². The van der Waals surface area contributed by atoms with Crippen molar-refractivity contribution in [3.63, 3.8) is 0 Å². The standard InChI is InChI=1S/C27H29N3O2/c1-2-3-18-4-6-19(7-5-18)20-8-10-21(11-9-20)27(31)30-15-14-23-17-32-25-13-12-22(26(28)29)16-24(23)25/h4-13,16,23H,2-3,14-15,17H2,1H3,(H3,28,29)(H,30,31). The Morgan fingerprint density at radius 3 is 2.34 bits per heavy atom. The zero-order valence-electron chi connectivity index (χ0n) is 18.4. The van der Waals surface area contributed by atoms with Gasteiger partial charge >= 0.3 is 0 Å². The number of fused-ring (bicyclic) bond motifs is 1. The van der Waals surface area contributed by atoms with Gasteiger partial charge in [0, 0.05) is 29.2 Å². The molecule has 5 nitrogen and oxygen atoms in total. The van der Waals surface area contributed by atoms with Crippen LogP contribution in [0.15, 0.2) is 66.7 Å². The van der Waals surface area contributed by atoms with Crippen LogP contribution in [-0.4, -0.2) is 24.9 Å². The van der Waals surface area contributed by atoms with Crippen molar-refractivity contribution < 1.29 is 9.53 Å². The van der Waals surface area contributed by atoms with E-state index in [1.165, 1.54) is 5.56 Å². The molecule has 1 amide bonds. The molecule has 4 rings (SSSR count). The normalized spacial score (nSPS) is 14.5. The molecule has 5 heteroatoms. The van der Waals surface area contributed by atoms with Crippen LogP contribution in [0.2, 0.25) is 0 Å². The van der Waals surface area contributed by atoms with E-state index in [0.717, 1.165) is 41.7 Å². The van der Waals surface area contributed by atoms with Gasteiger partial charge in [0.25, 0.3) is 5.91 Å². The van der Waals surface area contributed by atoms with Gasteiger partial charge in [0.1, 0.15) is 11.6 Å². The Morgan fingerprint density at radius 2 is 1.69 bits per heavy atom. The Bertz CT molecular complexity index is 1100. The van der Waals surface area contributed by atoms with E-state index in [9.17, 15) is 4.79 Å². The largest absolute Gasteiger partial charge is 0.493 e. The second-order valence-corrected chi connectivity index (χ2v) is 8.24. The van der Waals surface area contributed by atoms with Gasteiger partial charge in [-0.05, 0) is 59.9 Å². The van der Waals surface area contributed by atoms with Crippen molar-refractivity contribution in [2.45, 2.75) is 32.1 Å². The highest BCUT2D eigenvalue weighted by Gasteiger charge is 2.24. The fourth-order valence-corrected chi connectivity index (χ4v) is 4.11. The van der Waals surface area contributed by atoms with E-state index < -0.39 is 0 Å². The lowest BCUT2D eigenvalue weighted by molar-refractivity contribution is 0.0952. The molecule has 1 aliphatic heterocycles. The van der Waals surface area contributed by atoms with Crippen molar-refractivity contribution in [3.05, 3.63) is 89.0 Å². The molecule has 0 aliphatic carbocycles. The zero-order valence-corrected chi connectivity index (χ0v) is 18.4. The second kappa shape index (κ2) is 9.69. The van der Waals surface area contributed by atoms with E-state index in [2.05, 4.69) is 36.5 Å². The number of amides is 1. The smallest absolute Gasteiger partial charge is 0.251 e. The monoisotopic (exact) mass is 427 g/mol. The number of carbonyl (C=O) groups excluding carboxylic acids is 1. The Morgan fingerprint density at radius 1 is 1.03 bits per heavy atom. The molecular formula is C27H29N3O2. The van der Waals surface area contributed by atoms with Gasteiger partial charge in [-0.1, -0.05) is 49.7 Å². The minimum absolute atomic E-state index is 0.0482. The van der Waals surface area contributed by atoms with Crippen molar-refractivity contribution in [2.75, 3.05) is 13.2 Å². The molecule has 1 heterocycles. The number of hydrogen-bond acceptors (Lipinski definition) is 3. The number of aryl methyl sites for hydroxylation is 1. The van der Waals surface area contributed by atoms with E-state index in [1.54, 1.807) is 6.07 Å². The second-order valence-electron chi connectivity index (χ2n) is 8.24. The molecule has 1 atom stereocenters. The molecule has 164 valence electrons. The van der Waals surface area contributed by atoms with Crippen molar-refractivity contribution in [1.29, 1.82) is 5.41 Å². The topological polar surface area (TPSA) is 88.2 Å². The number of nitrogens with one attached hydrogen (secondary N) is 2. The molecule has 0 radical (unpaired) electrons. The maximum absolute atomic E-state index is 12.6. The van der Waals surface area contributed by atoms with E-state index >= 15 is 0 Å². The van der Waals surface area contributed by atoms with Crippen LogP contribution in [0, 0.1) is 5.41 Å². The summed E-state index contributed by atoms with van der Waals surface area (Å²) in [7, 11) is 0. The van der Waals surface area contributed by atoms with Gasteiger partial charge in [-0.25, -0.2) is 0 Å². The molecule has 0 bridgehead atoms. The molecular weight excluding hydrogens is 398 g/mol. The summed E-state index contributed by atoms with van der Waals surface area (Å²) < 4.78 is 5.74. The molecule has 3 aromatic carbocycles. The summed E-state index contributed by atoms with van der Waals surface area (Å²) in [5, 5.41) is 10.6. The number of rotatable bonds is 8. The van der Waals surface area contributed by atoms with Crippen molar-refractivity contribution in [2.24, 2.45) is 5.73 Å². The van der Waals surface area contributed by atoms with Gasteiger partial charge in [-0.15, -0.1) is 0 Å². The van der Waals surface area contributed by atoms with Crippen LogP contribution in [0.5, 0.6) is 5.75 Å². The van der Waals surface area contributed by atoms with Gasteiger partial charge in [-0.3, -0.25) is 10.2 Å². The first-order valence-electron chi connectivity index (χ1n) is 11.1. The summed E-state index contributed by atoms with van der Waals surface area (Å²) in [6.07, 6.45) is 3.00. The number of amidine groups is 1. The molecule has 32 heavy (non-hydrogen) atoms. The third kappa shape index (κ3) is 4.83. The van der Waals surface area contributed by atoms with Crippen LogP contribution in [0.1, 0.15) is 52.7 Å². The first kappa shape index (κ1) is 21.6. The SMILES string of the molecule is CCCc1ccc(-c2ccc(C(=O)NCCC3COc4ccc(C(=N)N)cc43)cc2)cc1. The predicted octanol–water partition coefficient (Wildman–Crippen LogP) is 4.89. The highest BCUT2D eigenvalue weighted by atomic mass is 16.5. The van der Waals surface area contributed by atoms with Crippen LogP contribution in [0.4, 0.5) is 0 Å². The first-order chi connectivity index (χ1) is 15.5. The minimum Gasteiger partial charge on any atom is -0.493 e. The Labute approximate surface area is 189 Å². The van der Waals surface area contributed by atoms with Crippen LogP contribution >= 0.6 is 0 Å². The summed E-state index contributed by atoms with van der Waals surface area (Å²) in [4.78, 5) is 12.6. The molecule has 1 aliphatic rings. The summed E-state index contributed by atoms with van der Waals surface area (Å²) in [5.74, 6) is 0.992. The molecule has 0 saturated carbocycles. The average molecular weight is 428 g/mol. The van der Waals surface area contributed by atoms with Crippen LogP contribution < -0.4 is 15.8 Å². The molecule has 0 saturated heterocycles. The van der Waals surface area contributed by atoms with Gasteiger partial charge in [0.15, 0.2) is 0 Å². The molecule has 1 unspecified atom stereocenters. The average Bonchev–Trinajstić information content (AvgIpc) is 3.22. The maximum Gasteiger partial charge on any atom is 0.251 e. The van der Waals surface area contributed by atoms with Crippen LogP contribution in [-0.2, 0) is 6.42 Å². The van der Waals surface area contributed by atoms with Crippen molar-refractivity contribution in [3.8, 4) is 16.9 Å². The van der Waals surface area contributed by atoms with Gasteiger partial charge in [0.2, 0.25) is 0 Å². The predicted molar refractivity (Wildman–Crippen MR) is 129 cm³/mol. The highest BCUT2D eigenvalue weighted by molar-refractivity contribution is 5.95. The summed E-state index contributed by atoms with van der Waals surface area (Å²) in [5.41, 5.74) is 11.6. The van der Waals surface area contributed by atoms with E-state index in [4.69, 9.17) is 15.9 Å². The number of nitrogens with two attached hydrogens (primary N) is 1. The van der Waals surface area contributed by atoms with Crippen molar-refractivity contribution in [1.82, 2.24) is 5.32 Å². The molecule has 0 fully saturated rings. The fourth-order valence-electron chi connectivity index (χ4n) is 4.11. The number of hydrogen-bond donors (Lipinski definition) is 3. The summed E-state index contributed by atoms with van der Waals surface area (Å²) in [6, 6.07) is 21.9. The number of benzene rings is 3. The molecule has 4 N–H and O–H groups in total. The quantitative estimate of drug-likeness (QED) is 0.353. The van der Waals surface area contributed by atoms with Crippen molar-refractivity contribution >= 4 is 11.7 Å². The lowest BCUT2D eigenvalue weighted by Gasteiger charge is -2.11. The highest BCUT2D eigenvalue weighted by Crippen LogP contribution is 2.36. The summed E-state index contributed by atoms with van der Waals surface area (Å²) in [6.45, 7) is 3.32. The van der Waals surface area contributed by atoms with Crippen LogP contribution in [0.3, 0.4) is 0 Å². The third-order valence-corrected chi connectivity index (χ3v) is 5.95. The number of nitrogen functional groups attached to an aromatic ring is 1. The van der Waals surface area contributed by atoms with Gasteiger partial charge in [-0.2, -0.15) is 0 Å². The van der Waals surface area contributed by atoms with Crippen LogP contribution in [0.25, 0.3) is 11.1 Å². The molecule has 0 spiro atoms. The lowest BCUT2D eigenvalue weighted by atomic mass is 9.96. The fraction of sp³-hybridized carbons (Fsp3) is 0.259. The Kier molecular flexibility index (Phi) is 6.55. The van der Waals surface area contributed by atoms with Gasteiger partial charge in [0.05, 0.1) is 6.61 Å². The first-order valence-corrected chi connectivity index (χ1v) is 11.1. The minimum atomic E-state index is -0.0773. The molecule has 0 aromatic heterocycles. The summed E-state index contributed by atoms with van der Waals surface area (Å²) >= 11 is 0. The third-order valence-electron chi connectivity index (χ3n) is 5.95.